The van der Waals surface area contributed by atoms with Gasteiger partial charge in [-0.2, -0.15) is 0 Å². The van der Waals surface area contributed by atoms with Crippen molar-refractivity contribution in [3.8, 4) is 44.5 Å². The monoisotopic (exact) mass is 1040 g/mol. The van der Waals surface area contributed by atoms with Crippen LogP contribution in [0.3, 0.4) is 0 Å². The summed E-state index contributed by atoms with van der Waals surface area (Å²) in [6, 6.07) is 89.1. The van der Waals surface area contributed by atoms with Gasteiger partial charge in [0.2, 0.25) is 0 Å². The summed E-state index contributed by atoms with van der Waals surface area (Å²) >= 11 is 0. The van der Waals surface area contributed by atoms with Crippen LogP contribution in [0.15, 0.2) is 237 Å². The summed E-state index contributed by atoms with van der Waals surface area (Å²) in [5, 5.41) is 7.43. The van der Waals surface area contributed by atoms with Gasteiger partial charge >= 0.3 is 0 Å². The zero-order chi connectivity index (χ0) is 55.7. The highest BCUT2D eigenvalue weighted by molar-refractivity contribution is 6.29. The molecule has 0 radical (unpaired) electrons. The summed E-state index contributed by atoms with van der Waals surface area (Å²) in [4.78, 5) is 5.28. The van der Waals surface area contributed by atoms with Crippen LogP contribution in [0.5, 0.6) is 0 Å². The van der Waals surface area contributed by atoms with Gasteiger partial charge in [-0.15, -0.1) is 0 Å². The second-order valence-electron chi connectivity index (χ2n) is 25.2. The SMILES string of the molecule is Cc1ccc(-c2ccccc2)cc1N(c1cc(-c2ccccc2)ccc1C(C)(C)C)c1cc(N(c2cc(-c3ccccc3)ccc2C)c2cc(-c3ccccc3)ccc2C(C)(C)C)c2ccc3cc(C(C)(C)C)cc4ccc1c2c43. The zero-order valence-electron chi connectivity index (χ0n) is 48.4. The number of hydrogen-bond donors (Lipinski definition) is 0. The molecule has 0 aliphatic carbocycles. The molecule has 12 rings (SSSR count). The van der Waals surface area contributed by atoms with Crippen LogP contribution in [-0.4, -0.2) is 0 Å². The fourth-order valence-electron chi connectivity index (χ4n) is 12.1. The molecule has 0 atom stereocenters. The smallest absolute Gasteiger partial charge is 0.0561 e. The first-order chi connectivity index (χ1) is 38.4. The van der Waals surface area contributed by atoms with Gasteiger partial charge < -0.3 is 9.80 Å². The largest absolute Gasteiger partial charge is 0.309 e. The quantitative estimate of drug-likeness (QED) is 0.126. The predicted molar refractivity (Wildman–Crippen MR) is 347 cm³/mol. The maximum absolute atomic E-state index is 2.64. The van der Waals surface area contributed by atoms with E-state index >= 15 is 0 Å². The third-order valence-electron chi connectivity index (χ3n) is 16.4. The van der Waals surface area contributed by atoms with Crippen LogP contribution in [-0.2, 0) is 16.2 Å². The standard InChI is InChI=1S/C78H72N2/c1-51-32-34-57(53-24-16-12-17-25-53)46-68(51)79(72-48-59(55-28-20-14-21-29-55)38-42-66(72)77(6,7)8)70-50-71(65-41-37-62-45-63(76(3,4)5)44-61-36-40-64(70)75(65)74(61)62)80(69-47-58(35-33-52(69)2)54-26-18-13-19-27-54)73-49-60(56-30-22-15-23-31-56)39-43-67(73)78(9,10)11/h12-50H,1-11H3. The molecule has 0 spiro atoms. The van der Waals surface area contributed by atoms with Gasteiger partial charge in [-0.25, -0.2) is 0 Å². The Kier molecular flexibility index (Phi) is 13.1. The van der Waals surface area contributed by atoms with Crippen molar-refractivity contribution >= 4 is 66.4 Å². The van der Waals surface area contributed by atoms with Gasteiger partial charge in [0.05, 0.1) is 22.7 Å². The number of nitrogens with zero attached hydrogens (tertiary/aromatic N) is 2. The first-order valence-corrected chi connectivity index (χ1v) is 28.5. The van der Waals surface area contributed by atoms with E-state index in [0.717, 1.165) is 34.1 Å². The number of rotatable bonds is 10. The van der Waals surface area contributed by atoms with Crippen molar-refractivity contribution < 1.29 is 0 Å². The van der Waals surface area contributed by atoms with Gasteiger partial charge in [-0.3, -0.25) is 0 Å². The first-order valence-electron chi connectivity index (χ1n) is 28.5. The Morgan fingerprint density at radius 2 is 0.575 bits per heavy atom. The second-order valence-corrected chi connectivity index (χ2v) is 25.2. The number of hydrogen-bond acceptors (Lipinski definition) is 2. The molecule has 2 heteroatoms. The highest BCUT2D eigenvalue weighted by Gasteiger charge is 2.32. The molecule has 0 unspecified atom stereocenters. The maximum atomic E-state index is 2.64. The van der Waals surface area contributed by atoms with Gasteiger partial charge in [-0.05, 0) is 149 Å². The lowest BCUT2D eigenvalue weighted by atomic mass is 9.82. The molecule has 0 bridgehead atoms. The Labute approximate surface area is 475 Å². The van der Waals surface area contributed by atoms with Crippen LogP contribution >= 0.6 is 0 Å². The molecule has 2 nitrogen and oxygen atoms in total. The summed E-state index contributed by atoms with van der Waals surface area (Å²) in [7, 11) is 0. The van der Waals surface area contributed by atoms with E-state index in [9.17, 15) is 0 Å². The van der Waals surface area contributed by atoms with Crippen molar-refractivity contribution in [2.75, 3.05) is 9.80 Å². The lowest BCUT2D eigenvalue weighted by Crippen LogP contribution is -2.22. The van der Waals surface area contributed by atoms with E-state index in [4.69, 9.17) is 0 Å². The van der Waals surface area contributed by atoms with Crippen molar-refractivity contribution in [2.24, 2.45) is 0 Å². The molecule has 12 aromatic carbocycles. The molecule has 394 valence electrons. The van der Waals surface area contributed by atoms with Gasteiger partial charge in [0.1, 0.15) is 0 Å². The Morgan fingerprint density at radius 1 is 0.250 bits per heavy atom. The second kappa shape index (κ2) is 20.2. The van der Waals surface area contributed by atoms with Gasteiger partial charge in [0.25, 0.3) is 0 Å². The lowest BCUT2D eigenvalue weighted by molar-refractivity contribution is 0.591. The Balaban J connectivity index is 1.29. The molecule has 0 heterocycles. The van der Waals surface area contributed by atoms with Crippen molar-refractivity contribution in [1.29, 1.82) is 0 Å². The number of benzene rings is 12. The predicted octanol–water partition coefficient (Wildman–Crippen LogP) is 22.7. The average Bonchev–Trinajstić information content (AvgIpc) is 2.45. The van der Waals surface area contributed by atoms with E-state index in [2.05, 4.69) is 323 Å². The third-order valence-corrected chi connectivity index (χ3v) is 16.4. The van der Waals surface area contributed by atoms with Crippen LogP contribution in [0.25, 0.3) is 76.8 Å². The summed E-state index contributed by atoms with van der Waals surface area (Å²) < 4.78 is 0. The molecule has 0 aromatic heterocycles. The molecule has 0 aliphatic rings. The van der Waals surface area contributed by atoms with Crippen molar-refractivity contribution in [3.05, 3.63) is 264 Å². The minimum absolute atomic E-state index is 0.0444. The van der Waals surface area contributed by atoms with Crippen molar-refractivity contribution in [3.63, 3.8) is 0 Å². The molecule has 12 aromatic rings. The normalized spacial score (nSPS) is 12.2. The molecule has 0 aliphatic heterocycles. The fraction of sp³-hybridized carbons (Fsp3) is 0.179. The van der Waals surface area contributed by atoms with E-state index in [1.807, 2.05) is 0 Å². The van der Waals surface area contributed by atoms with Crippen LogP contribution in [0.4, 0.5) is 34.1 Å². The molecular weight excluding hydrogens is 965 g/mol. The zero-order valence-corrected chi connectivity index (χ0v) is 48.4. The summed E-state index contributed by atoms with van der Waals surface area (Å²) in [6.45, 7) is 25.7. The van der Waals surface area contributed by atoms with E-state index in [1.165, 1.54) is 105 Å². The number of aryl methyl sites for hydroxylation is 2. The van der Waals surface area contributed by atoms with Gasteiger partial charge in [0.15, 0.2) is 0 Å². The molecule has 0 amide bonds. The van der Waals surface area contributed by atoms with Crippen LogP contribution in [0, 0.1) is 13.8 Å². The minimum atomic E-state index is -0.232. The molecular formula is C78H72N2. The first kappa shape index (κ1) is 52.0. The molecule has 80 heavy (non-hydrogen) atoms. The molecule has 0 saturated carbocycles. The fourth-order valence-corrected chi connectivity index (χ4v) is 12.1. The minimum Gasteiger partial charge on any atom is -0.309 e. The Hall–Kier alpha value is -8.72. The van der Waals surface area contributed by atoms with E-state index in [-0.39, 0.29) is 16.2 Å². The average molecular weight is 1040 g/mol. The van der Waals surface area contributed by atoms with Crippen molar-refractivity contribution in [2.45, 2.75) is 92.4 Å². The lowest BCUT2D eigenvalue weighted by Gasteiger charge is -2.37. The summed E-state index contributed by atoms with van der Waals surface area (Å²) in [5.41, 5.74) is 21.9. The van der Waals surface area contributed by atoms with E-state index in [0.29, 0.717) is 0 Å². The maximum Gasteiger partial charge on any atom is 0.0561 e. The topological polar surface area (TPSA) is 6.48 Å². The summed E-state index contributed by atoms with van der Waals surface area (Å²) in [6.07, 6.45) is 0. The van der Waals surface area contributed by atoms with Crippen LogP contribution < -0.4 is 9.80 Å². The summed E-state index contributed by atoms with van der Waals surface area (Å²) in [5.74, 6) is 0. The third kappa shape index (κ3) is 9.62. The van der Waals surface area contributed by atoms with E-state index in [1.54, 1.807) is 0 Å². The van der Waals surface area contributed by atoms with Gasteiger partial charge in [-0.1, -0.05) is 269 Å². The van der Waals surface area contributed by atoms with Crippen LogP contribution in [0.2, 0.25) is 0 Å². The molecule has 0 saturated heterocycles. The van der Waals surface area contributed by atoms with E-state index < -0.39 is 0 Å². The van der Waals surface area contributed by atoms with Crippen LogP contribution in [0.1, 0.15) is 90.1 Å². The van der Waals surface area contributed by atoms with Crippen molar-refractivity contribution in [1.82, 2.24) is 0 Å². The highest BCUT2D eigenvalue weighted by atomic mass is 15.2. The highest BCUT2D eigenvalue weighted by Crippen LogP contribution is 2.55. The number of anilines is 6. The van der Waals surface area contributed by atoms with Gasteiger partial charge in [0, 0.05) is 27.5 Å². The Morgan fingerprint density at radius 3 is 0.900 bits per heavy atom. The molecule has 0 N–H and O–H groups in total. The molecule has 0 fully saturated rings. The Bertz CT molecular complexity index is 3970.